The minimum atomic E-state index is 0.0925. The lowest BCUT2D eigenvalue weighted by atomic mass is 9.99. The van der Waals surface area contributed by atoms with Crippen molar-refractivity contribution in [2.24, 2.45) is 5.92 Å². The molecule has 0 saturated heterocycles. The molecule has 1 heterocycles. The average molecular weight is 267 g/mol. The Kier molecular flexibility index (Phi) is 4.59. The van der Waals surface area contributed by atoms with Gasteiger partial charge in [-0.2, -0.15) is 0 Å². The Morgan fingerprint density at radius 3 is 2.61 bits per heavy atom. The molecule has 1 aliphatic carbocycles. The first-order valence-corrected chi connectivity index (χ1v) is 6.98. The Bertz CT molecular complexity index is 406. The number of nitrogens with one attached hydrogen (secondary N) is 1. The van der Waals surface area contributed by atoms with Crippen molar-refractivity contribution in [3.8, 4) is 0 Å². The van der Waals surface area contributed by atoms with Crippen LogP contribution in [0.4, 0.5) is 5.69 Å². The van der Waals surface area contributed by atoms with E-state index < -0.39 is 0 Å². The van der Waals surface area contributed by atoms with Crippen molar-refractivity contribution in [1.82, 2.24) is 4.98 Å². The predicted molar refractivity (Wildman–Crippen MR) is 73.8 cm³/mol. The molecular formula is C14H19ClN2O. The van der Waals surface area contributed by atoms with Gasteiger partial charge in [0.05, 0.1) is 5.69 Å². The standard InChI is InChI=1S/C14H19ClN2O/c1-10-8-9-16-13(15)12(10)17-14(18)11-6-4-2-3-5-7-11/h8-9,11H,2-7H2,1H3,(H,17,18). The zero-order chi connectivity index (χ0) is 13.0. The van der Waals surface area contributed by atoms with Crippen LogP contribution < -0.4 is 5.32 Å². The molecule has 0 radical (unpaired) electrons. The van der Waals surface area contributed by atoms with E-state index in [0.29, 0.717) is 10.8 Å². The van der Waals surface area contributed by atoms with Crippen LogP contribution in [0.15, 0.2) is 12.3 Å². The first kappa shape index (κ1) is 13.3. The van der Waals surface area contributed by atoms with Gasteiger partial charge in [-0.1, -0.05) is 37.3 Å². The molecule has 98 valence electrons. The van der Waals surface area contributed by atoms with Crippen LogP contribution in [0.1, 0.15) is 44.1 Å². The summed E-state index contributed by atoms with van der Waals surface area (Å²) in [5.41, 5.74) is 1.62. The second-order valence-electron chi connectivity index (χ2n) is 4.97. The quantitative estimate of drug-likeness (QED) is 0.650. The van der Waals surface area contributed by atoms with E-state index in [1.54, 1.807) is 6.20 Å². The topological polar surface area (TPSA) is 42.0 Å². The van der Waals surface area contributed by atoms with E-state index in [1.807, 2.05) is 13.0 Å². The summed E-state index contributed by atoms with van der Waals surface area (Å²) in [6, 6.07) is 1.86. The van der Waals surface area contributed by atoms with Crippen molar-refractivity contribution in [3.05, 3.63) is 23.0 Å². The number of aromatic nitrogens is 1. The molecule has 3 nitrogen and oxygen atoms in total. The summed E-state index contributed by atoms with van der Waals surface area (Å²) in [5.74, 6) is 0.220. The monoisotopic (exact) mass is 266 g/mol. The Labute approximate surface area is 113 Å². The molecule has 0 unspecified atom stereocenters. The van der Waals surface area contributed by atoms with Gasteiger partial charge in [0.15, 0.2) is 5.15 Å². The number of rotatable bonds is 2. The third-order valence-electron chi connectivity index (χ3n) is 3.59. The van der Waals surface area contributed by atoms with Gasteiger partial charge in [0.25, 0.3) is 0 Å². The number of pyridine rings is 1. The summed E-state index contributed by atoms with van der Waals surface area (Å²) in [4.78, 5) is 16.2. The van der Waals surface area contributed by atoms with Crippen molar-refractivity contribution in [2.45, 2.75) is 45.4 Å². The molecule has 0 bridgehead atoms. The molecule has 0 spiro atoms. The lowest BCUT2D eigenvalue weighted by molar-refractivity contribution is -0.120. The number of hydrogen-bond donors (Lipinski definition) is 1. The summed E-state index contributed by atoms with van der Waals surface area (Å²) >= 11 is 6.02. The molecular weight excluding hydrogens is 248 g/mol. The van der Waals surface area contributed by atoms with E-state index in [0.717, 1.165) is 31.2 Å². The molecule has 0 aromatic carbocycles. The van der Waals surface area contributed by atoms with Crippen molar-refractivity contribution in [1.29, 1.82) is 0 Å². The first-order chi connectivity index (χ1) is 8.68. The largest absolute Gasteiger partial charge is 0.323 e. The number of carbonyl (C=O) groups excluding carboxylic acids is 1. The molecule has 1 aromatic heterocycles. The predicted octanol–water partition coefficient (Wildman–Crippen LogP) is 3.95. The van der Waals surface area contributed by atoms with E-state index >= 15 is 0 Å². The molecule has 1 N–H and O–H groups in total. The van der Waals surface area contributed by atoms with Crippen LogP contribution in [0.2, 0.25) is 5.15 Å². The van der Waals surface area contributed by atoms with Gasteiger partial charge >= 0.3 is 0 Å². The first-order valence-electron chi connectivity index (χ1n) is 6.60. The lowest BCUT2D eigenvalue weighted by Crippen LogP contribution is -2.23. The van der Waals surface area contributed by atoms with Crippen LogP contribution in [0.5, 0.6) is 0 Å². The Morgan fingerprint density at radius 1 is 1.33 bits per heavy atom. The fraction of sp³-hybridized carbons (Fsp3) is 0.571. The van der Waals surface area contributed by atoms with Crippen LogP contribution in [-0.4, -0.2) is 10.9 Å². The second kappa shape index (κ2) is 6.19. The third kappa shape index (κ3) is 3.22. The summed E-state index contributed by atoms with van der Waals surface area (Å²) < 4.78 is 0. The maximum Gasteiger partial charge on any atom is 0.227 e. The Morgan fingerprint density at radius 2 is 2.00 bits per heavy atom. The van der Waals surface area contributed by atoms with E-state index in [2.05, 4.69) is 10.3 Å². The van der Waals surface area contributed by atoms with Crippen LogP contribution >= 0.6 is 11.6 Å². The molecule has 0 atom stereocenters. The highest BCUT2D eigenvalue weighted by atomic mass is 35.5. The maximum absolute atomic E-state index is 12.2. The van der Waals surface area contributed by atoms with Crippen molar-refractivity contribution in [3.63, 3.8) is 0 Å². The number of anilines is 1. The van der Waals surface area contributed by atoms with E-state index in [1.165, 1.54) is 12.8 Å². The van der Waals surface area contributed by atoms with Gasteiger partial charge in [0.1, 0.15) is 0 Å². The molecule has 0 aliphatic heterocycles. The minimum absolute atomic E-state index is 0.0925. The second-order valence-corrected chi connectivity index (χ2v) is 5.33. The van der Waals surface area contributed by atoms with Gasteiger partial charge in [-0.3, -0.25) is 4.79 Å². The van der Waals surface area contributed by atoms with E-state index in [9.17, 15) is 4.79 Å². The van der Waals surface area contributed by atoms with Crippen molar-refractivity contribution in [2.75, 3.05) is 5.32 Å². The summed E-state index contributed by atoms with van der Waals surface area (Å²) in [7, 11) is 0. The Balaban J connectivity index is 2.06. The van der Waals surface area contributed by atoms with Crippen LogP contribution in [0.25, 0.3) is 0 Å². The number of nitrogens with zero attached hydrogens (tertiary/aromatic N) is 1. The highest BCUT2D eigenvalue weighted by Crippen LogP contribution is 2.27. The number of halogens is 1. The maximum atomic E-state index is 12.2. The zero-order valence-electron chi connectivity index (χ0n) is 10.7. The highest BCUT2D eigenvalue weighted by molar-refractivity contribution is 6.32. The fourth-order valence-corrected chi connectivity index (χ4v) is 2.69. The number of hydrogen-bond acceptors (Lipinski definition) is 2. The summed E-state index contributed by atoms with van der Waals surface area (Å²) in [6.07, 6.45) is 8.42. The molecule has 1 amide bonds. The molecule has 1 saturated carbocycles. The smallest absolute Gasteiger partial charge is 0.227 e. The Hall–Kier alpha value is -1.09. The van der Waals surface area contributed by atoms with Gasteiger partial charge in [0, 0.05) is 12.1 Å². The van der Waals surface area contributed by atoms with Crippen LogP contribution in [0, 0.1) is 12.8 Å². The van der Waals surface area contributed by atoms with Gasteiger partial charge in [-0.05, 0) is 31.4 Å². The van der Waals surface area contributed by atoms with E-state index in [-0.39, 0.29) is 11.8 Å². The molecule has 18 heavy (non-hydrogen) atoms. The zero-order valence-corrected chi connectivity index (χ0v) is 11.5. The normalized spacial score (nSPS) is 17.2. The molecule has 2 rings (SSSR count). The van der Waals surface area contributed by atoms with Crippen LogP contribution in [0.3, 0.4) is 0 Å². The third-order valence-corrected chi connectivity index (χ3v) is 3.87. The molecule has 1 aromatic rings. The fourth-order valence-electron chi connectivity index (χ4n) is 2.44. The molecule has 1 fully saturated rings. The number of aryl methyl sites for hydroxylation is 1. The van der Waals surface area contributed by atoms with Gasteiger partial charge in [0.2, 0.25) is 5.91 Å². The highest BCUT2D eigenvalue weighted by Gasteiger charge is 2.21. The SMILES string of the molecule is Cc1ccnc(Cl)c1NC(=O)C1CCCCCC1. The minimum Gasteiger partial charge on any atom is -0.323 e. The average Bonchev–Trinajstić information content (AvgIpc) is 2.62. The van der Waals surface area contributed by atoms with Crippen molar-refractivity contribution < 1.29 is 4.79 Å². The molecule has 4 heteroatoms. The van der Waals surface area contributed by atoms with Crippen molar-refractivity contribution >= 4 is 23.2 Å². The van der Waals surface area contributed by atoms with Gasteiger partial charge < -0.3 is 5.32 Å². The molecule has 1 aliphatic rings. The number of amides is 1. The summed E-state index contributed by atoms with van der Waals surface area (Å²) in [5, 5.41) is 3.31. The lowest BCUT2D eigenvalue weighted by Gasteiger charge is -2.15. The van der Waals surface area contributed by atoms with Gasteiger partial charge in [-0.15, -0.1) is 0 Å². The van der Waals surface area contributed by atoms with E-state index in [4.69, 9.17) is 11.6 Å². The van der Waals surface area contributed by atoms with Crippen LogP contribution in [-0.2, 0) is 4.79 Å². The van der Waals surface area contributed by atoms with Gasteiger partial charge in [-0.25, -0.2) is 4.98 Å². The summed E-state index contributed by atoms with van der Waals surface area (Å²) in [6.45, 7) is 1.93. The number of carbonyl (C=O) groups is 1.